The molecule has 2 aromatic rings. The molecule has 0 saturated heterocycles. The fourth-order valence-corrected chi connectivity index (χ4v) is 1.81. The van der Waals surface area contributed by atoms with Gasteiger partial charge in [-0.25, -0.2) is 0 Å². The minimum Gasteiger partial charge on any atom is -0.343 e. The number of rotatable bonds is 5. The SMILES string of the molecule is CN(C)C(=O)c1ccc(Nc2ccc(CCN)cc2)nn1. The summed E-state index contributed by atoms with van der Waals surface area (Å²) in [7, 11) is 3.36. The molecule has 1 aromatic carbocycles. The molecular weight excluding hydrogens is 266 g/mol. The van der Waals surface area contributed by atoms with E-state index in [0.29, 0.717) is 18.1 Å². The maximum Gasteiger partial charge on any atom is 0.273 e. The van der Waals surface area contributed by atoms with Crippen molar-refractivity contribution >= 4 is 17.4 Å². The summed E-state index contributed by atoms with van der Waals surface area (Å²) in [5, 5.41) is 11.1. The van der Waals surface area contributed by atoms with Gasteiger partial charge in [-0.3, -0.25) is 4.79 Å². The summed E-state index contributed by atoms with van der Waals surface area (Å²) >= 11 is 0. The second-order valence-electron chi connectivity index (χ2n) is 4.86. The van der Waals surface area contributed by atoms with E-state index in [4.69, 9.17) is 5.73 Å². The normalized spacial score (nSPS) is 10.2. The fourth-order valence-electron chi connectivity index (χ4n) is 1.81. The number of nitrogens with two attached hydrogens (primary N) is 1. The monoisotopic (exact) mass is 285 g/mol. The summed E-state index contributed by atoms with van der Waals surface area (Å²) in [6.45, 7) is 0.639. The number of anilines is 2. The smallest absolute Gasteiger partial charge is 0.273 e. The van der Waals surface area contributed by atoms with Crippen molar-refractivity contribution in [1.29, 1.82) is 0 Å². The summed E-state index contributed by atoms with van der Waals surface area (Å²) in [5.41, 5.74) is 7.95. The van der Waals surface area contributed by atoms with Gasteiger partial charge < -0.3 is 16.0 Å². The molecule has 0 aliphatic carbocycles. The number of amides is 1. The molecule has 0 spiro atoms. The zero-order valence-electron chi connectivity index (χ0n) is 12.2. The van der Waals surface area contributed by atoms with E-state index in [-0.39, 0.29) is 5.91 Å². The highest BCUT2D eigenvalue weighted by atomic mass is 16.2. The average molecular weight is 285 g/mol. The van der Waals surface area contributed by atoms with Crippen LogP contribution in [0, 0.1) is 0 Å². The summed E-state index contributed by atoms with van der Waals surface area (Å²) in [5.74, 6) is 0.428. The molecule has 0 unspecified atom stereocenters. The van der Waals surface area contributed by atoms with Gasteiger partial charge in [0.15, 0.2) is 11.5 Å². The number of hydrogen-bond acceptors (Lipinski definition) is 5. The van der Waals surface area contributed by atoms with Gasteiger partial charge in [0.05, 0.1) is 0 Å². The first-order valence-corrected chi connectivity index (χ1v) is 6.71. The lowest BCUT2D eigenvalue weighted by Crippen LogP contribution is -2.23. The van der Waals surface area contributed by atoms with E-state index in [2.05, 4.69) is 15.5 Å². The molecule has 0 aliphatic rings. The maximum atomic E-state index is 11.7. The highest BCUT2D eigenvalue weighted by Gasteiger charge is 2.09. The van der Waals surface area contributed by atoms with Crippen LogP contribution in [0.15, 0.2) is 36.4 Å². The van der Waals surface area contributed by atoms with Crippen molar-refractivity contribution in [2.24, 2.45) is 5.73 Å². The van der Waals surface area contributed by atoms with Crippen LogP contribution in [-0.4, -0.2) is 41.6 Å². The zero-order chi connectivity index (χ0) is 15.2. The van der Waals surface area contributed by atoms with Gasteiger partial charge in [-0.15, -0.1) is 10.2 Å². The lowest BCUT2D eigenvalue weighted by molar-refractivity contribution is 0.0821. The van der Waals surface area contributed by atoms with Crippen LogP contribution in [0.5, 0.6) is 0 Å². The Hall–Kier alpha value is -2.47. The van der Waals surface area contributed by atoms with Crippen LogP contribution in [0.3, 0.4) is 0 Å². The van der Waals surface area contributed by atoms with Gasteiger partial charge in [0, 0.05) is 19.8 Å². The van der Waals surface area contributed by atoms with E-state index in [1.165, 1.54) is 10.5 Å². The van der Waals surface area contributed by atoms with Crippen LogP contribution in [0.2, 0.25) is 0 Å². The number of nitrogens with one attached hydrogen (secondary N) is 1. The molecule has 21 heavy (non-hydrogen) atoms. The molecule has 0 bridgehead atoms. The molecule has 2 rings (SSSR count). The van der Waals surface area contributed by atoms with Crippen LogP contribution in [0.4, 0.5) is 11.5 Å². The standard InChI is InChI=1S/C15H19N5O/c1-20(2)15(21)13-7-8-14(19-18-13)17-12-5-3-11(4-6-12)9-10-16/h3-8H,9-10,16H2,1-2H3,(H,17,19). The number of aromatic nitrogens is 2. The molecule has 0 radical (unpaired) electrons. The molecule has 6 nitrogen and oxygen atoms in total. The predicted octanol–water partition coefficient (Wildman–Crippen LogP) is 1.42. The molecule has 110 valence electrons. The topological polar surface area (TPSA) is 84.1 Å². The van der Waals surface area contributed by atoms with Gasteiger partial charge in [0.1, 0.15) is 0 Å². The minimum atomic E-state index is -0.166. The fraction of sp³-hybridized carbons (Fsp3) is 0.267. The summed E-state index contributed by atoms with van der Waals surface area (Å²) in [6.07, 6.45) is 0.863. The van der Waals surface area contributed by atoms with Gasteiger partial charge in [-0.05, 0) is 42.8 Å². The van der Waals surface area contributed by atoms with E-state index in [9.17, 15) is 4.79 Å². The minimum absolute atomic E-state index is 0.166. The summed E-state index contributed by atoms with van der Waals surface area (Å²) < 4.78 is 0. The van der Waals surface area contributed by atoms with Gasteiger partial charge >= 0.3 is 0 Å². The van der Waals surface area contributed by atoms with Crippen LogP contribution >= 0.6 is 0 Å². The Morgan fingerprint density at radius 1 is 1.14 bits per heavy atom. The van der Waals surface area contributed by atoms with Crippen molar-refractivity contribution in [1.82, 2.24) is 15.1 Å². The quantitative estimate of drug-likeness (QED) is 0.868. The second kappa shape index (κ2) is 6.81. The van der Waals surface area contributed by atoms with Crippen molar-refractivity contribution < 1.29 is 4.79 Å². The largest absolute Gasteiger partial charge is 0.343 e. The molecule has 6 heteroatoms. The molecule has 3 N–H and O–H groups in total. The number of carbonyl (C=O) groups excluding carboxylic acids is 1. The summed E-state index contributed by atoms with van der Waals surface area (Å²) in [6, 6.07) is 11.4. The van der Waals surface area contributed by atoms with Crippen molar-refractivity contribution in [3.63, 3.8) is 0 Å². The first-order chi connectivity index (χ1) is 10.1. The molecule has 0 saturated carbocycles. The first kappa shape index (κ1) is 14.9. The Labute approximate surface area is 124 Å². The van der Waals surface area contributed by atoms with Crippen molar-refractivity contribution in [2.45, 2.75) is 6.42 Å². The highest BCUT2D eigenvalue weighted by molar-refractivity contribution is 5.91. The van der Waals surface area contributed by atoms with Crippen molar-refractivity contribution in [3.8, 4) is 0 Å². The van der Waals surface area contributed by atoms with E-state index in [1.807, 2.05) is 24.3 Å². The summed E-state index contributed by atoms with van der Waals surface area (Å²) in [4.78, 5) is 13.2. The van der Waals surface area contributed by atoms with Gasteiger partial charge in [0.2, 0.25) is 0 Å². The van der Waals surface area contributed by atoms with Gasteiger partial charge in [-0.1, -0.05) is 12.1 Å². The van der Waals surface area contributed by atoms with Crippen LogP contribution in [0.25, 0.3) is 0 Å². The van der Waals surface area contributed by atoms with Crippen LogP contribution < -0.4 is 11.1 Å². The number of hydrogen-bond donors (Lipinski definition) is 2. The van der Waals surface area contributed by atoms with E-state index < -0.39 is 0 Å². The van der Waals surface area contributed by atoms with Gasteiger partial charge in [-0.2, -0.15) is 0 Å². The zero-order valence-corrected chi connectivity index (χ0v) is 12.2. The third kappa shape index (κ3) is 4.00. The third-order valence-corrected chi connectivity index (χ3v) is 2.95. The Balaban J connectivity index is 2.04. The maximum absolute atomic E-state index is 11.7. The number of carbonyl (C=O) groups is 1. The third-order valence-electron chi connectivity index (χ3n) is 2.95. The Bertz CT molecular complexity index is 592. The number of nitrogens with zero attached hydrogens (tertiary/aromatic N) is 3. The molecule has 1 heterocycles. The molecular formula is C15H19N5O. The lowest BCUT2D eigenvalue weighted by Gasteiger charge is -2.09. The second-order valence-corrected chi connectivity index (χ2v) is 4.86. The van der Waals surface area contributed by atoms with Gasteiger partial charge in [0.25, 0.3) is 5.91 Å². The lowest BCUT2D eigenvalue weighted by atomic mass is 10.1. The Kier molecular flexibility index (Phi) is 4.84. The van der Waals surface area contributed by atoms with Crippen molar-refractivity contribution in [2.75, 3.05) is 26.0 Å². The molecule has 0 aliphatic heterocycles. The molecule has 1 amide bonds. The van der Waals surface area contributed by atoms with E-state index >= 15 is 0 Å². The highest BCUT2D eigenvalue weighted by Crippen LogP contribution is 2.15. The Morgan fingerprint density at radius 2 is 1.86 bits per heavy atom. The van der Waals surface area contributed by atoms with Crippen molar-refractivity contribution in [3.05, 3.63) is 47.7 Å². The average Bonchev–Trinajstić information content (AvgIpc) is 2.49. The Morgan fingerprint density at radius 3 is 2.38 bits per heavy atom. The molecule has 0 fully saturated rings. The van der Waals surface area contributed by atoms with E-state index in [1.54, 1.807) is 26.2 Å². The molecule has 1 aromatic heterocycles. The first-order valence-electron chi connectivity index (χ1n) is 6.71. The molecule has 0 atom stereocenters. The van der Waals surface area contributed by atoms with E-state index in [0.717, 1.165) is 12.1 Å². The predicted molar refractivity (Wildman–Crippen MR) is 82.5 cm³/mol. The number of benzene rings is 1. The van der Waals surface area contributed by atoms with Crippen LogP contribution in [0.1, 0.15) is 16.1 Å². The van der Waals surface area contributed by atoms with Crippen LogP contribution in [-0.2, 0) is 6.42 Å².